The van der Waals surface area contributed by atoms with Gasteiger partial charge in [0.25, 0.3) is 0 Å². The second kappa shape index (κ2) is 6.95. The summed E-state index contributed by atoms with van der Waals surface area (Å²) < 4.78 is 2.13. The van der Waals surface area contributed by atoms with Crippen LogP contribution in [0.1, 0.15) is 6.92 Å². The second-order valence-corrected chi connectivity index (χ2v) is 4.76. The number of benzene rings is 1. The number of fused-ring (bicyclic) bond motifs is 1. The highest BCUT2D eigenvalue weighted by Gasteiger charge is 2.12. The number of aromatic nitrogens is 1. The maximum Gasteiger partial charge on any atom is 0.322 e. The van der Waals surface area contributed by atoms with Crippen molar-refractivity contribution in [2.45, 2.75) is 13.5 Å². The topological polar surface area (TPSA) is 57.5 Å². The predicted molar refractivity (Wildman–Crippen MR) is 85.5 cm³/mol. The highest BCUT2D eigenvalue weighted by atomic mass is 16.3. The molecule has 1 heterocycles. The normalized spacial score (nSPS) is 10.6. The minimum Gasteiger partial charge on any atom is -0.395 e. The molecule has 0 saturated carbocycles. The number of rotatable bonds is 6. The summed E-state index contributed by atoms with van der Waals surface area (Å²) in [6.07, 6.45) is 3.67. The third-order valence-corrected chi connectivity index (χ3v) is 3.37. The lowest BCUT2D eigenvalue weighted by Gasteiger charge is -2.20. The van der Waals surface area contributed by atoms with Gasteiger partial charge in [-0.1, -0.05) is 12.1 Å². The molecular formula is C16H21N3O2. The van der Waals surface area contributed by atoms with Crippen LogP contribution in [0.2, 0.25) is 0 Å². The fourth-order valence-electron chi connectivity index (χ4n) is 2.29. The molecule has 0 aliphatic rings. The molecule has 0 saturated heterocycles. The molecule has 5 heteroatoms. The Morgan fingerprint density at radius 2 is 2.29 bits per heavy atom. The summed E-state index contributed by atoms with van der Waals surface area (Å²) in [6, 6.07) is 7.65. The Labute approximate surface area is 124 Å². The van der Waals surface area contributed by atoms with E-state index in [4.69, 9.17) is 5.11 Å². The van der Waals surface area contributed by atoms with E-state index in [1.165, 1.54) is 4.90 Å². The van der Waals surface area contributed by atoms with Gasteiger partial charge in [-0.05, 0) is 30.5 Å². The zero-order valence-electron chi connectivity index (χ0n) is 12.2. The van der Waals surface area contributed by atoms with E-state index in [0.29, 0.717) is 6.54 Å². The third-order valence-electron chi connectivity index (χ3n) is 3.37. The number of carbonyl (C=O) groups excluding carboxylic acids is 1. The summed E-state index contributed by atoms with van der Waals surface area (Å²) in [6.45, 7) is 7.20. The standard InChI is InChI=1S/C16H21N3O2/c1-3-8-19(10-11-20)16(21)17-14-6-5-13-7-9-18(4-2)15(13)12-14/h3,5-7,9,12,20H,1,4,8,10-11H2,2H3,(H,17,21). The van der Waals surface area contributed by atoms with E-state index in [9.17, 15) is 4.79 Å². The number of aliphatic hydroxyl groups excluding tert-OH is 1. The van der Waals surface area contributed by atoms with Crippen molar-refractivity contribution in [1.29, 1.82) is 0 Å². The molecule has 5 nitrogen and oxygen atoms in total. The zero-order valence-corrected chi connectivity index (χ0v) is 12.2. The van der Waals surface area contributed by atoms with Crippen LogP contribution >= 0.6 is 0 Å². The Kier molecular flexibility index (Phi) is 5.00. The molecule has 0 bridgehead atoms. The molecule has 2 amide bonds. The van der Waals surface area contributed by atoms with E-state index in [-0.39, 0.29) is 19.2 Å². The van der Waals surface area contributed by atoms with Crippen LogP contribution in [-0.4, -0.2) is 40.3 Å². The Morgan fingerprint density at radius 1 is 1.48 bits per heavy atom. The quantitative estimate of drug-likeness (QED) is 0.803. The second-order valence-electron chi connectivity index (χ2n) is 4.76. The average Bonchev–Trinajstić information content (AvgIpc) is 2.89. The molecule has 0 spiro atoms. The highest BCUT2D eigenvalue weighted by Crippen LogP contribution is 2.20. The summed E-state index contributed by atoms with van der Waals surface area (Å²) >= 11 is 0. The lowest BCUT2D eigenvalue weighted by atomic mass is 10.2. The lowest BCUT2D eigenvalue weighted by Crippen LogP contribution is -2.37. The molecule has 0 fully saturated rings. The molecule has 2 rings (SSSR count). The van der Waals surface area contributed by atoms with Gasteiger partial charge in [0.1, 0.15) is 0 Å². The maximum absolute atomic E-state index is 12.2. The number of nitrogens with one attached hydrogen (secondary N) is 1. The van der Waals surface area contributed by atoms with E-state index in [0.717, 1.165) is 23.1 Å². The molecule has 0 aliphatic heterocycles. The fraction of sp³-hybridized carbons (Fsp3) is 0.312. The fourth-order valence-corrected chi connectivity index (χ4v) is 2.29. The number of amides is 2. The Hall–Kier alpha value is -2.27. The maximum atomic E-state index is 12.2. The number of nitrogens with zero attached hydrogens (tertiary/aromatic N) is 2. The first-order valence-electron chi connectivity index (χ1n) is 7.06. The molecule has 21 heavy (non-hydrogen) atoms. The van der Waals surface area contributed by atoms with Crippen molar-refractivity contribution >= 4 is 22.6 Å². The van der Waals surface area contributed by atoms with Gasteiger partial charge in [0.05, 0.1) is 12.1 Å². The zero-order chi connectivity index (χ0) is 15.2. The van der Waals surface area contributed by atoms with Crippen molar-refractivity contribution in [3.05, 3.63) is 43.1 Å². The minimum absolute atomic E-state index is 0.0705. The largest absolute Gasteiger partial charge is 0.395 e. The van der Waals surface area contributed by atoms with Gasteiger partial charge in [-0.25, -0.2) is 4.79 Å². The molecule has 0 atom stereocenters. The molecule has 0 radical (unpaired) electrons. The number of aliphatic hydroxyl groups is 1. The molecular weight excluding hydrogens is 266 g/mol. The van der Waals surface area contributed by atoms with Crippen molar-refractivity contribution in [3.63, 3.8) is 0 Å². The van der Waals surface area contributed by atoms with Gasteiger partial charge in [0.2, 0.25) is 0 Å². The van der Waals surface area contributed by atoms with E-state index in [2.05, 4.69) is 29.5 Å². The Balaban J connectivity index is 2.17. The van der Waals surface area contributed by atoms with Gasteiger partial charge in [0.15, 0.2) is 0 Å². The number of aryl methyl sites for hydroxylation is 1. The Morgan fingerprint density at radius 3 is 2.95 bits per heavy atom. The molecule has 1 aromatic carbocycles. The number of urea groups is 1. The summed E-state index contributed by atoms with van der Waals surface area (Å²) in [5.41, 5.74) is 1.83. The van der Waals surface area contributed by atoms with Crippen LogP contribution in [0.25, 0.3) is 10.9 Å². The van der Waals surface area contributed by atoms with Crippen molar-refractivity contribution in [3.8, 4) is 0 Å². The van der Waals surface area contributed by atoms with E-state index in [1.54, 1.807) is 6.08 Å². The number of hydrogen-bond acceptors (Lipinski definition) is 2. The summed E-state index contributed by atoms with van der Waals surface area (Å²) in [5.74, 6) is 0. The van der Waals surface area contributed by atoms with Crippen molar-refractivity contribution < 1.29 is 9.90 Å². The van der Waals surface area contributed by atoms with Crippen LogP contribution in [0.3, 0.4) is 0 Å². The van der Waals surface area contributed by atoms with Crippen molar-refractivity contribution in [2.24, 2.45) is 0 Å². The van der Waals surface area contributed by atoms with Crippen LogP contribution in [0, 0.1) is 0 Å². The summed E-state index contributed by atoms with van der Waals surface area (Å²) in [7, 11) is 0. The minimum atomic E-state index is -0.238. The van der Waals surface area contributed by atoms with E-state index >= 15 is 0 Å². The number of anilines is 1. The molecule has 112 valence electrons. The van der Waals surface area contributed by atoms with Crippen LogP contribution in [0.4, 0.5) is 10.5 Å². The van der Waals surface area contributed by atoms with Gasteiger partial charge < -0.3 is 19.9 Å². The van der Waals surface area contributed by atoms with Crippen LogP contribution in [0.15, 0.2) is 43.1 Å². The number of hydrogen-bond donors (Lipinski definition) is 2. The monoisotopic (exact) mass is 287 g/mol. The third kappa shape index (κ3) is 3.44. The first-order valence-corrected chi connectivity index (χ1v) is 7.06. The van der Waals surface area contributed by atoms with Gasteiger partial charge in [-0.15, -0.1) is 6.58 Å². The highest BCUT2D eigenvalue weighted by molar-refractivity contribution is 5.93. The smallest absolute Gasteiger partial charge is 0.322 e. The van der Waals surface area contributed by atoms with Crippen LogP contribution in [-0.2, 0) is 6.54 Å². The first-order chi connectivity index (χ1) is 10.2. The lowest BCUT2D eigenvalue weighted by molar-refractivity contribution is 0.195. The first kappa shape index (κ1) is 15.1. The summed E-state index contributed by atoms with van der Waals surface area (Å²) in [4.78, 5) is 13.7. The van der Waals surface area contributed by atoms with E-state index in [1.807, 2.05) is 24.4 Å². The molecule has 2 N–H and O–H groups in total. The van der Waals surface area contributed by atoms with Gasteiger partial charge in [-0.3, -0.25) is 0 Å². The van der Waals surface area contributed by atoms with Crippen LogP contribution < -0.4 is 5.32 Å². The number of carbonyl (C=O) groups is 1. The van der Waals surface area contributed by atoms with Crippen LogP contribution in [0.5, 0.6) is 0 Å². The average molecular weight is 287 g/mol. The van der Waals surface area contributed by atoms with Crippen molar-refractivity contribution in [2.75, 3.05) is 25.0 Å². The molecule has 1 aromatic heterocycles. The van der Waals surface area contributed by atoms with Gasteiger partial charge in [0, 0.05) is 31.5 Å². The Bertz CT molecular complexity index is 633. The van der Waals surface area contributed by atoms with Gasteiger partial charge >= 0.3 is 6.03 Å². The van der Waals surface area contributed by atoms with E-state index < -0.39 is 0 Å². The SMILES string of the molecule is C=CCN(CCO)C(=O)Nc1ccc2ccn(CC)c2c1. The molecule has 2 aromatic rings. The van der Waals surface area contributed by atoms with Gasteiger partial charge in [-0.2, -0.15) is 0 Å². The molecule has 0 unspecified atom stereocenters. The van der Waals surface area contributed by atoms with Crippen molar-refractivity contribution in [1.82, 2.24) is 9.47 Å². The molecule has 0 aliphatic carbocycles. The summed E-state index contributed by atoms with van der Waals surface area (Å²) in [5, 5.41) is 13.0. The predicted octanol–water partition coefficient (Wildman–Crippen LogP) is 2.67.